The Kier molecular flexibility index (Phi) is 5.68. The van der Waals surface area contributed by atoms with Gasteiger partial charge in [0.05, 0.1) is 24.8 Å². The third-order valence-electron chi connectivity index (χ3n) is 4.24. The molecule has 1 atom stereocenters. The van der Waals surface area contributed by atoms with E-state index < -0.39 is 5.92 Å². The van der Waals surface area contributed by atoms with Gasteiger partial charge in [-0.05, 0) is 45.0 Å². The first-order valence-electron chi connectivity index (χ1n) is 8.99. The number of carbonyl (C=O) groups is 1. The van der Waals surface area contributed by atoms with Crippen LogP contribution in [0, 0.1) is 0 Å². The molecule has 0 bridgehead atoms. The second-order valence-corrected chi connectivity index (χ2v) is 6.71. The topological polar surface area (TPSA) is 81.8 Å². The molecule has 6 nitrogen and oxygen atoms in total. The van der Waals surface area contributed by atoms with Crippen molar-refractivity contribution in [1.29, 1.82) is 0 Å². The number of aromatic nitrogens is 1. The summed E-state index contributed by atoms with van der Waals surface area (Å²) in [6.07, 6.45) is 1.44. The number of benzene rings is 2. The lowest BCUT2D eigenvalue weighted by molar-refractivity contribution is -0.117. The molecule has 0 aliphatic carbocycles. The normalized spacial score (nSPS) is 12.0. The lowest BCUT2D eigenvalue weighted by Crippen LogP contribution is -2.15. The Hall–Kier alpha value is -3.28. The van der Waals surface area contributed by atoms with Gasteiger partial charge in [0.25, 0.3) is 0 Å². The average molecular weight is 381 g/mol. The van der Waals surface area contributed by atoms with Crippen LogP contribution in [0.15, 0.2) is 53.1 Å². The van der Waals surface area contributed by atoms with Crippen molar-refractivity contribution in [3.05, 3.63) is 60.0 Å². The molecule has 1 aromatic heterocycles. The van der Waals surface area contributed by atoms with Gasteiger partial charge >= 0.3 is 0 Å². The van der Waals surface area contributed by atoms with Crippen LogP contribution in [0.2, 0.25) is 0 Å². The number of phenolic OH excluding ortho intramolecular Hbond substituents is 1. The first-order chi connectivity index (χ1) is 13.4. The zero-order valence-corrected chi connectivity index (χ0v) is 16.3. The van der Waals surface area contributed by atoms with Crippen molar-refractivity contribution in [3.8, 4) is 28.7 Å². The summed E-state index contributed by atoms with van der Waals surface area (Å²) < 4.78 is 16.5. The lowest BCUT2D eigenvalue weighted by atomic mass is 9.92. The first kappa shape index (κ1) is 19.5. The number of Topliss-reactive ketones (excluding diaryl/α,β-unsaturated/α-hetero) is 1. The molecule has 0 aliphatic rings. The largest absolute Gasteiger partial charge is 0.504 e. The summed E-state index contributed by atoms with van der Waals surface area (Å²) in [7, 11) is 1.48. The van der Waals surface area contributed by atoms with Crippen LogP contribution in [0.25, 0.3) is 11.5 Å². The minimum atomic E-state index is -0.612. The van der Waals surface area contributed by atoms with Gasteiger partial charge in [-0.25, -0.2) is 4.98 Å². The van der Waals surface area contributed by atoms with Crippen LogP contribution in [0.5, 0.6) is 17.2 Å². The highest BCUT2D eigenvalue weighted by molar-refractivity contribution is 5.87. The minimum absolute atomic E-state index is 0.0152. The van der Waals surface area contributed by atoms with E-state index in [-0.39, 0.29) is 17.6 Å². The number of oxazole rings is 1. The van der Waals surface area contributed by atoms with E-state index in [1.165, 1.54) is 26.4 Å². The Labute approximate surface area is 163 Å². The van der Waals surface area contributed by atoms with E-state index in [0.717, 1.165) is 5.56 Å². The molecule has 0 fully saturated rings. The highest BCUT2D eigenvalue weighted by Gasteiger charge is 2.26. The van der Waals surface area contributed by atoms with Crippen molar-refractivity contribution in [1.82, 2.24) is 4.98 Å². The fraction of sp³-hybridized carbons (Fsp3) is 0.273. The minimum Gasteiger partial charge on any atom is -0.504 e. The Bertz CT molecular complexity index is 977. The zero-order valence-electron chi connectivity index (χ0n) is 16.3. The van der Waals surface area contributed by atoms with Crippen molar-refractivity contribution >= 4 is 5.78 Å². The summed E-state index contributed by atoms with van der Waals surface area (Å²) in [5.74, 6) is 0.609. The van der Waals surface area contributed by atoms with Crippen LogP contribution in [0.4, 0.5) is 0 Å². The molecule has 28 heavy (non-hydrogen) atoms. The Morgan fingerprint density at radius 1 is 1.14 bits per heavy atom. The molecule has 3 aromatic rings. The fourth-order valence-corrected chi connectivity index (χ4v) is 3.04. The van der Waals surface area contributed by atoms with E-state index in [1.807, 2.05) is 38.1 Å². The summed E-state index contributed by atoms with van der Waals surface area (Å²) >= 11 is 0. The van der Waals surface area contributed by atoms with Crippen LogP contribution in [0.1, 0.15) is 37.9 Å². The van der Waals surface area contributed by atoms with E-state index in [1.54, 1.807) is 12.1 Å². The van der Waals surface area contributed by atoms with Crippen LogP contribution >= 0.6 is 0 Å². The van der Waals surface area contributed by atoms with Crippen LogP contribution < -0.4 is 9.47 Å². The summed E-state index contributed by atoms with van der Waals surface area (Å²) in [6, 6.07) is 12.3. The Morgan fingerprint density at radius 3 is 2.54 bits per heavy atom. The fourth-order valence-electron chi connectivity index (χ4n) is 3.04. The number of rotatable bonds is 7. The van der Waals surface area contributed by atoms with E-state index >= 15 is 0 Å². The van der Waals surface area contributed by atoms with Gasteiger partial charge in [-0.2, -0.15) is 0 Å². The summed E-state index contributed by atoms with van der Waals surface area (Å²) in [6.45, 7) is 5.39. The summed E-state index contributed by atoms with van der Waals surface area (Å²) in [5, 5.41) is 9.99. The van der Waals surface area contributed by atoms with Crippen molar-refractivity contribution in [2.24, 2.45) is 0 Å². The van der Waals surface area contributed by atoms with Crippen molar-refractivity contribution < 1.29 is 23.8 Å². The molecule has 0 spiro atoms. The Balaban J connectivity index is 2.00. The number of phenols is 1. The highest BCUT2D eigenvalue weighted by Crippen LogP contribution is 2.35. The maximum absolute atomic E-state index is 12.5. The molecule has 0 amide bonds. The summed E-state index contributed by atoms with van der Waals surface area (Å²) in [4.78, 5) is 17.0. The number of ketones is 1. The smallest absolute Gasteiger partial charge is 0.226 e. The first-order valence-corrected chi connectivity index (χ1v) is 8.99. The number of hydrogen-bond donors (Lipinski definition) is 1. The number of ether oxygens (including phenoxy) is 2. The molecule has 2 aromatic carbocycles. The van der Waals surface area contributed by atoms with Gasteiger partial charge in [0, 0.05) is 11.1 Å². The molecule has 0 radical (unpaired) electrons. The van der Waals surface area contributed by atoms with Gasteiger partial charge in [0.2, 0.25) is 5.89 Å². The number of methoxy groups -OCH3 is 1. The standard InChI is InChI=1S/C22H23NO5/c1-13(2)28-19-8-6-5-7-16(19)21(14(3)24)17-12-27-22(23-17)15-9-10-20(26-4)18(25)11-15/h5-13,21,25H,1-4H3. The maximum Gasteiger partial charge on any atom is 0.226 e. The van der Waals surface area contributed by atoms with Crippen LogP contribution in [-0.2, 0) is 4.79 Å². The number of carbonyl (C=O) groups excluding carboxylic acids is 1. The molecule has 0 aliphatic heterocycles. The molecule has 146 valence electrons. The summed E-state index contributed by atoms with van der Waals surface area (Å²) in [5.41, 5.74) is 1.80. The molecule has 1 N–H and O–H groups in total. The lowest BCUT2D eigenvalue weighted by Gasteiger charge is -2.18. The van der Waals surface area contributed by atoms with Gasteiger partial charge in [0.15, 0.2) is 11.5 Å². The predicted molar refractivity (Wildman–Crippen MR) is 105 cm³/mol. The third-order valence-corrected chi connectivity index (χ3v) is 4.24. The van der Waals surface area contributed by atoms with E-state index in [9.17, 15) is 9.90 Å². The van der Waals surface area contributed by atoms with Crippen LogP contribution in [-0.4, -0.2) is 29.1 Å². The second kappa shape index (κ2) is 8.17. The highest BCUT2D eigenvalue weighted by atomic mass is 16.5. The molecule has 0 saturated carbocycles. The van der Waals surface area contributed by atoms with Gasteiger partial charge in [-0.1, -0.05) is 18.2 Å². The molecule has 1 heterocycles. The van der Waals surface area contributed by atoms with Gasteiger partial charge < -0.3 is 19.0 Å². The van der Waals surface area contributed by atoms with Crippen LogP contribution in [0.3, 0.4) is 0 Å². The predicted octanol–water partition coefficient (Wildman–Crippen LogP) is 4.56. The average Bonchev–Trinajstić information content (AvgIpc) is 3.12. The van der Waals surface area contributed by atoms with Crippen molar-refractivity contribution in [2.75, 3.05) is 7.11 Å². The van der Waals surface area contributed by atoms with Crippen molar-refractivity contribution in [3.63, 3.8) is 0 Å². The SMILES string of the molecule is COc1ccc(-c2nc(C(C(C)=O)c3ccccc3OC(C)C)co2)cc1O. The van der Waals surface area contributed by atoms with E-state index in [4.69, 9.17) is 13.9 Å². The third kappa shape index (κ3) is 4.01. The van der Waals surface area contributed by atoms with Gasteiger partial charge in [-0.3, -0.25) is 4.79 Å². The van der Waals surface area contributed by atoms with E-state index in [0.29, 0.717) is 28.6 Å². The maximum atomic E-state index is 12.5. The molecule has 3 rings (SSSR count). The second-order valence-electron chi connectivity index (χ2n) is 6.71. The number of hydrogen-bond acceptors (Lipinski definition) is 6. The number of nitrogens with zero attached hydrogens (tertiary/aromatic N) is 1. The van der Waals surface area contributed by atoms with Gasteiger partial charge in [0.1, 0.15) is 17.8 Å². The van der Waals surface area contributed by atoms with Gasteiger partial charge in [-0.15, -0.1) is 0 Å². The van der Waals surface area contributed by atoms with E-state index in [2.05, 4.69) is 4.98 Å². The zero-order chi connectivity index (χ0) is 20.3. The molecule has 0 saturated heterocycles. The molecular weight excluding hydrogens is 358 g/mol. The number of aromatic hydroxyl groups is 1. The Morgan fingerprint density at radius 2 is 1.89 bits per heavy atom. The quantitative estimate of drug-likeness (QED) is 0.646. The monoisotopic (exact) mass is 381 g/mol. The molecular formula is C22H23NO5. The molecule has 1 unspecified atom stereocenters. The van der Waals surface area contributed by atoms with Crippen molar-refractivity contribution in [2.45, 2.75) is 32.8 Å². The number of para-hydroxylation sites is 1. The molecule has 6 heteroatoms.